The van der Waals surface area contributed by atoms with Crippen LogP contribution >= 0.6 is 0 Å². The SMILES string of the molecule is c1ccc(-c2nc(-c3ccc4c(c3)oc3ccc(-c5ccc6c(c5)c5ccccc5n6-c5ccccc5)cc34)nc(-c3cccc4c3c3ccccc3n4-c3ccccc3)n2)cc1. The predicted molar refractivity (Wildman–Crippen MR) is 258 cm³/mol. The molecule has 4 heterocycles. The van der Waals surface area contributed by atoms with E-state index >= 15 is 0 Å². The molecule has 63 heavy (non-hydrogen) atoms. The molecule has 0 atom stereocenters. The molecule has 0 aliphatic heterocycles. The molecule has 294 valence electrons. The van der Waals surface area contributed by atoms with Gasteiger partial charge in [-0.05, 0) is 90.0 Å². The molecular formula is C57H35N5O. The summed E-state index contributed by atoms with van der Waals surface area (Å²) in [5.41, 5.74) is 13.4. The van der Waals surface area contributed by atoms with Gasteiger partial charge in [0.1, 0.15) is 11.2 Å². The summed E-state index contributed by atoms with van der Waals surface area (Å²) in [6, 6.07) is 74.4. The Kier molecular flexibility index (Phi) is 7.80. The minimum absolute atomic E-state index is 0.577. The van der Waals surface area contributed by atoms with Gasteiger partial charge in [0.15, 0.2) is 17.5 Å². The van der Waals surface area contributed by atoms with Crippen molar-refractivity contribution in [2.24, 2.45) is 0 Å². The molecule has 0 unspecified atom stereocenters. The van der Waals surface area contributed by atoms with Gasteiger partial charge in [-0.3, -0.25) is 0 Å². The van der Waals surface area contributed by atoms with Gasteiger partial charge in [-0.25, -0.2) is 15.0 Å². The van der Waals surface area contributed by atoms with E-state index in [9.17, 15) is 0 Å². The lowest BCUT2D eigenvalue weighted by Gasteiger charge is -2.10. The van der Waals surface area contributed by atoms with Gasteiger partial charge < -0.3 is 13.6 Å². The molecule has 6 nitrogen and oxygen atoms in total. The number of furan rings is 1. The number of benzene rings is 9. The van der Waals surface area contributed by atoms with Gasteiger partial charge in [0, 0.05) is 60.4 Å². The van der Waals surface area contributed by atoms with Crippen LogP contribution in [0.3, 0.4) is 0 Å². The quantitative estimate of drug-likeness (QED) is 0.168. The smallest absolute Gasteiger partial charge is 0.164 e. The zero-order valence-electron chi connectivity index (χ0n) is 33.9. The van der Waals surface area contributed by atoms with E-state index in [0.717, 1.165) is 82.9 Å². The third kappa shape index (κ3) is 5.62. The van der Waals surface area contributed by atoms with Crippen LogP contribution in [0.25, 0.3) is 122 Å². The van der Waals surface area contributed by atoms with Crippen LogP contribution < -0.4 is 0 Å². The zero-order valence-corrected chi connectivity index (χ0v) is 33.9. The van der Waals surface area contributed by atoms with Crippen LogP contribution in [-0.2, 0) is 0 Å². The monoisotopic (exact) mass is 805 g/mol. The number of hydrogen-bond donors (Lipinski definition) is 0. The minimum Gasteiger partial charge on any atom is -0.456 e. The third-order valence-corrected chi connectivity index (χ3v) is 12.4. The van der Waals surface area contributed by atoms with E-state index in [-0.39, 0.29) is 0 Å². The van der Waals surface area contributed by atoms with Crippen molar-refractivity contribution in [3.8, 4) is 56.7 Å². The number of aromatic nitrogens is 5. The summed E-state index contributed by atoms with van der Waals surface area (Å²) < 4.78 is 11.3. The molecule has 6 heteroatoms. The number of para-hydroxylation sites is 4. The van der Waals surface area contributed by atoms with Crippen molar-refractivity contribution in [2.45, 2.75) is 0 Å². The van der Waals surface area contributed by atoms with Crippen LogP contribution in [0.15, 0.2) is 217 Å². The minimum atomic E-state index is 0.577. The first-order valence-corrected chi connectivity index (χ1v) is 21.2. The molecule has 0 aliphatic carbocycles. The summed E-state index contributed by atoms with van der Waals surface area (Å²) in [7, 11) is 0. The Bertz CT molecular complexity index is 3900. The fraction of sp³-hybridized carbons (Fsp3) is 0. The zero-order chi connectivity index (χ0) is 41.4. The van der Waals surface area contributed by atoms with Gasteiger partial charge in [0.25, 0.3) is 0 Å². The molecule has 0 radical (unpaired) electrons. The van der Waals surface area contributed by atoms with E-state index in [1.54, 1.807) is 0 Å². The molecular weight excluding hydrogens is 771 g/mol. The second-order valence-electron chi connectivity index (χ2n) is 16.0. The average molecular weight is 806 g/mol. The maximum Gasteiger partial charge on any atom is 0.164 e. The van der Waals surface area contributed by atoms with Crippen molar-refractivity contribution in [3.63, 3.8) is 0 Å². The highest BCUT2D eigenvalue weighted by molar-refractivity contribution is 6.15. The lowest BCUT2D eigenvalue weighted by molar-refractivity contribution is 0.669. The van der Waals surface area contributed by atoms with Crippen molar-refractivity contribution in [3.05, 3.63) is 212 Å². The van der Waals surface area contributed by atoms with Crippen molar-refractivity contribution < 1.29 is 4.42 Å². The summed E-state index contributed by atoms with van der Waals surface area (Å²) in [4.78, 5) is 15.5. The van der Waals surface area contributed by atoms with Gasteiger partial charge in [0.05, 0.1) is 22.1 Å². The lowest BCUT2D eigenvalue weighted by Crippen LogP contribution is -2.00. The Balaban J connectivity index is 0.942. The molecule has 0 amide bonds. The number of hydrogen-bond acceptors (Lipinski definition) is 4. The average Bonchev–Trinajstić information content (AvgIpc) is 4.01. The molecule has 0 aliphatic rings. The van der Waals surface area contributed by atoms with Crippen LogP contribution in [0.5, 0.6) is 0 Å². The molecule has 0 fully saturated rings. The van der Waals surface area contributed by atoms with Gasteiger partial charge >= 0.3 is 0 Å². The summed E-state index contributed by atoms with van der Waals surface area (Å²) in [5, 5.41) is 6.78. The number of fused-ring (bicyclic) bond motifs is 9. The standard InChI is InChI=1S/C57H35N5O/c1-4-15-36(16-5-1)55-58-56(60-57(59-55)45-23-14-26-51-54(45)44-22-11-13-25-49(44)62(51)41-19-8-3-9-20-41)39-27-30-43-47-34-38(29-32-52(47)63-53(43)35-39)37-28-31-50-46(33-37)42-21-10-12-24-48(42)61(50)40-17-6-2-7-18-40/h1-35H. The molecule has 13 rings (SSSR count). The maximum absolute atomic E-state index is 6.59. The third-order valence-electron chi connectivity index (χ3n) is 12.4. The molecule has 4 aromatic heterocycles. The molecule has 9 aromatic carbocycles. The normalized spacial score (nSPS) is 11.8. The largest absolute Gasteiger partial charge is 0.456 e. The lowest BCUT2D eigenvalue weighted by atomic mass is 10.0. The topological polar surface area (TPSA) is 61.7 Å². The Morgan fingerprint density at radius 1 is 0.302 bits per heavy atom. The van der Waals surface area contributed by atoms with Gasteiger partial charge in [-0.15, -0.1) is 0 Å². The number of rotatable bonds is 6. The number of nitrogens with zero attached hydrogens (tertiary/aromatic N) is 5. The Morgan fingerprint density at radius 3 is 1.59 bits per heavy atom. The van der Waals surface area contributed by atoms with Gasteiger partial charge in [-0.1, -0.05) is 133 Å². The van der Waals surface area contributed by atoms with Crippen molar-refractivity contribution in [2.75, 3.05) is 0 Å². The molecule has 0 spiro atoms. The van der Waals surface area contributed by atoms with Crippen molar-refractivity contribution >= 4 is 65.6 Å². The van der Waals surface area contributed by atoms with E-state index < -0.39 is 0 Å². The Hall–Kier alpha value is -8.61. The Morgan fingerprint density at radius 2 is 0.841 bits per heavy atom. The second-order valence-corrected chi connectivity index (χ2v) is 16.0. The van der Waals surface area contributed by atoms with Gasteiger partial charge in [0.2, 0.25) is 0 Å². The van der Waals surface area contributed by atoms with E-state index in [2.05, 4.69) is 185 Å². The van der Waals surface area contributed by atoms with E-state index in [4.69, 9.17) is 19.4 Å². The van der Waals surface area contributed by atoms with Crippen molar-refractivity contribution in [1.29, 1.82) is 0 Å². The summed E-state index contributed by atoms with van der Waals surface area (Å²) in [6.07, 6.45) is 0. The maximum atomic E-state index is 6.59. The second kappa shape index (κ2) is 14.0. The fourth-order valence-electron chi connectivity index (χ4n) is 9.51. The van der Waals surface area contributed by atoms with E-state index in [0.29, 0.717) is 17.5 Å². The highest BCUT2D eigenvalue weighted by atomic mass is 16.3. The summed E-state index contributed by atoms with van der Waals surface area (Å²) in [5.74, 6) is 1.80. The highest BCUT2D eigenvalue weighted by Gasteiger charge is 2.21. The van der Waals surface area contributed by atoms with Crippen molar-refractivity contribution in [1.82, 2.24) is 24.1 Å². The van der Waals surface area contributed by atoms with E-state index in [1.165, 1.54) is 21.8 Å². The first kappa shape index (κ1) is 35.2. The molecule has 0 saturated heterocycles. The Labute approximate surface area is 361 Å². The fourth-order valence-corrected chi connectivity index (χ4v) is 9.51. The van der Waals surface area contributed by atoms with Gasteiger partial charge in [-0.2, -0.15) is 0 Å². The first-order valence-electron chi connectivity index (χ1n) is 21.2. The summed E-state index contributed by atoms with van der Waals surface area (Å²) in [6.45, 7) is 0. The molecule has 0 saturated carbocycles. The molecule has 0 bridgehead atoms. The predicted octanol–water partition coefficient (Wildman–Crippen LogP) is 14.6. The summed E-state index contributed by atoms with van der Waals surface area (Å²) >= 11 is 0. The first-order chi connectivity index (χ1) is 31.2. The van der Waals surface area contributed by atoms with E-state index in [1.807, 2.05) is 36.4 Å². The van der Waals surface area contributed by atoms with Crippen LogP contribution in [0, 0.1) is 0 Å². The van der Waals surface area contributed by atoms with Crippen LogP contribution in [0.1, 0.15) is 0 Å². The molecule has 0 N–H and O–H groups in total. The molecule has 13 aromatic rings. The highest BCUT2D eigenvalue weighted by Crippen LogP contribution is 2.40. The van der Waals surface area contributed by atoms with Crippen LogP contribution in [0.4, 0.5) is 0 Å². The van der Waals surface area contributed by atoms with Crippen LogP contribution in [-0.4, -0.2) is 24.1 Å². The van der Waals surface area contributed by atoms with Crippen LogP contribution in [0.2, 0.25) is 0 Å².